The molecule has 48 heavy (non-hydrogen) atoms. The molecule has 0 aromatic rings. The lowest BCUT2D eigenvalue weighted by molar-refractivity contribution is 0.294. The molecule has 0 amide bonds. The fraction of sp³-hybridized carbons (Fsp3) is 1.00. The average molecular weight is 758 g/mol. The Kier molecular flexibility index (Phi) is 28.3. The van der Waals surface area contributed by atoms with Crippen molar-refractivity contribution in [2.24, 2.45) is 5.92 Å². The fourth-order valence-electron chi connectivity index (χ4n) is 6.06. The second-order valence-corrected chi connectivity index (χ2v) is 29.7. The van der Waals surface area contributed by atoms with Gasteiger partial charge in [-0.05, 0) is 188 Å². The molecule has 296 valence electrons. The van der Waals surface area contributed by atoms with Gasteiger partial charge in [-0.2, -0.15) is 0 Å². The molecule has 0 aromatic heterocycles. The van der Waals surface area contributed by atoms with Crippen molar-refractivity contribution in [2.75, 3.05) is 119 Å². The zero-order chi connectivity index (χ0) is 39.6. The Bertz CT molecular complexity index is 650. The molecule has 0 aliphatic rings. The van der Waals surface area contributed by atoms with E-state index in [1.54, 1.807) is 0 Å². The molecular weight excluding hydrogens is 665 g/mol. The molecule has 0 aromatic carbocycles. The molecule has 0 saturated carbocycles. The van der Waals surface area contributed by atoms with E-state index in [-0.39, 0.29) is 36.3 Å². The van der Waals surface area contributed by atoms with Crippen LogP contribution in [0.25, 0.3) is 0 Å². The van der Waals surface area contributed by atoms with Crippen molar-refractivity contribution < 1.29 is 0 Å². The Morgan fingerprint density at radius 1 is 0.396 bits per heavy atom. The van der Waals surface area contributed by atoms with E-state index in [9.17, 15) is 0 Å². The zero-order valence-corrected chi connectivity index (χ0v) is 42.6. The second-order valence-electron chi connectivity index (χ2n) is 17.8. The van der Waals surface area contributed by atoms with Crippen molar-refractivity contribution in [3.8, 4) is 0 Å². The molecule has 0 fully saturated rings. The van der Waals surface area contributed by atoms with E-state index < -0.39 is 17.4 Å². The Morgan fingerprint density at radius 3 is 0.708 bits per heavy atom. The standard InChI is InChI=1S/2C8H24N4Si.2C8H22N2Si/c2*1-9(2)13(10(3)4,11(5)6)12(7)8;1-7(2)6-9-11-10-8(3,4)5;1-7(2,3)9-11-10-8(4,5)6/h2*1-8H3;7,9-10H,6,11H2,1-5H3;9-10H,11H2,1-6H3. The van der Waals surface area contributed by atoms with Crippen LogP contribution in [0.5, 0.6) is 0 Å². The van der Waals surface area contributed by atoms with Gasteiger partial charge in [0.05, 0.1) is 0 Å². The van der Waals surface area contributed by atoms with E-state index in [1.165, 1.54) is 0 Å². The van der Waals surface area contributed by atoms with Crippen LogP contribution in [-0.4, -0.2) is 210 Å². The maximum absolute atomic E-state index is 3.51. The summed E-state index contributed by atoms with van der Waals surface area (Å²) >= 11 is 0. The first-order valence-corrected chi connectivity index (χ1v) is 23.9. The van der Waals surface area contributed by atoms with Gasteiger partial charge < -0.3 is 19.9 Å². The molecule has 12 nitrogen and oxygen atoms in total. The third-order valence-electron chi connectivity index (χ3n) is 7.33. The maximum atomic E-state index is 3.51. The van der Waals surface area contributed by atoms with E-state index in [2.05, 4.69) is 245 Å². The van der Waals surface area contributed by atoms with Crippen LogP contribution in [0.15, 0.2) is 0 Å². The van der Waals surface area contributed by atoms with Gasteiger partial charge in [0.15, 0.2) is 19.7 Å². The first kappa shape index (κ1) is 55.1. The quantitative estimate of drug-likeness (QED) is 0.149. The molecule has 16 heteroatoms. The summed E-state index contributed by atoms with van der Waals surface area (Å²) in [5.74, 6) is 0.768. The third kappa shape index (κ3) is 23.0. The summed E-state index contributed by atoms with van der Waals surface area (Å²) in [4.78, 5) is 14.0. The van der Waals surface area contributed by atoms with Crippen molar-refractivity contribution in [2.45, 2.75) is 92.8 Å². The minimum Gasteiger partial charge on any atom is -0.330 e. The Labute approximate surface area is 310 Å². The minimum atomic E-state index is -1.77. The van der Waals surface area contributed by atoms with Crippen LogP contribution in [0.1, 0.15) is 76.2 Å². The molecule has 0 heterocycles. The number of rotatable bonds is 14. The van der Waals surface area contributed by atoms with E-state index in [1.807, 2.05) is 0 Å². The van der Waals surface area contributed by atoms with Crippen molar-refractivity contribution in [3.63, 3.8) is 0 Å². The lowest BCUT2D eigenvalue weighted by atomic mass is 10.1. The molecule has 0 saturated heterocycles. The summed E-state index contributed by atoms with van der Waals surface area (Å²) in [5.41, 5.74) is 0.825. The predicted octanol–water partition coefficient (Wildman–Crippen LogP) is 0.717. The maximum Gasteiger partial charge on any atom is 0.375 e. The van der Waals surface area contributed by atoms with Crippen molar-refractivity contribution in [1.82, 2.24) is 56.5 Å². The van der Waals surface area contributed by atoms with Crippen LogP contribution >= 0.6 is 0 Å². The van der Waals surface area contributed by atoms with Gasteiger partial charge in [-0.3, -0.25) is 36.5 Å². The summed E-state index contributed by atoms with van der Waals surface area (Å²) < 4.78 is 18.6. The number of nitrogens with one attached hydrogen (secondary N) is 4. The molecule has 0 atom stereocenters. The third-order valence-corrected chi connectivity index (χ3v) is 21.2. The molecule has 0 aliphatic heterocycles. The van der Waals surface area contributed by atoms with E-state index in [0.717, 1.165) is 12.5 Å². The molecule has 0 radical (unpaired) electrons. The van der Waals surface area contributed by atoms with Crippen LogP contribution in [0.2, 0.25) is 0 Å². The molecule has 4 N–H and O–H groups in total. The average Bonchev–Trinajstić information content (AvgIpc) is 2.79. The van der Waals surface area contributed by atoms with Crippen molar-refractivity contribution >= 4 is 37.1 Å². The predicted molar refractivity (Wildman–Crippen MR) is 230 cm³/mol. The Morgan fingerprint density at radius 2 is 0.583 bits per heavy atom. The van der Waals surface area contributed by atoms with Gasteiger partial charge in [0, 0.05) is 16.6 Å². The molecular formula is C32H92N12Si4. The van der Waals surface area contributed by atoms with Crippen LogP contribution in [0.3, 0.4) is 0 Å². The number of hydrogen-bond donors (Lipinski definition) is 4. The largest absolute Gasteiger partial charge is 0.375 e. The Hall–Kier alpha value is 0.388. The Balaban J connectivity index is -0.000000270. The first-order valence-electron chi connectivity index (χ1n) is 17.5. The van der Waals surface area contributed by atoms with Gasteiger partial charge in [-0.1, -0.05) is 13.8 Å². The van der Waals surface area contributed by atoms with Gasteiger partial charge >= 0.3 is 17.4 Å². The van der Waals surface area contributed by atoms with E-state index in [4.69, 9.17) is 0 Å². The summed E-state index contributed by atoms with van der Waals surface area (Å²) in [7, 11) is 30.2. The summed E-state index contributed by atoms with van der Waals surface area (Å²) in [6.45, 7) is 25.4. The smallest absolute Gasteiger partial charge is 0.330 e. The normalized spacial score (nSPS) is 13.8. The molecule has 0 rings (SSSR count). The highest BCUT2D eigenvalue weighted by Gasteiger charge is 2.46. The highest BCUT2D eigenvalue weighted by Crippen LogP contribution is 2.15. The SMILES string of the molecule is CC(C)(C)N[SiH2]NC(C)(C)C.CC(C)CN[SiH2]NC(C)(C)C.CN(C)[Si](N(C)C)(N(C)C)N(C)C.CN(C)[Si](N(C)C)(N(C)C)N(C)C. The van der Waals surface area contributed by atoms with Crippen molar-refractivity contribution in [1.29, 1.82) is 0 Å². The zero-order valence-electron chi connectivity index (χ0n) is 37.8. The molecule has 0 bridgehead atoms. The highest BCUT2D eigenvalue weighted by molar-refractivity contribution is 6.68. The lowest BCUT2D eigenvalue weighted by Gasteiger charge is -2.49. The number of hydrogen-bond acceptors (Lipinski definition) is 12. The van der Waals surface area contributed by atoms with Gasteiger partial charge in [-0.15, -0.1) is 0 Å². The van der Waals surface area contributed by atoms with Gasteiger partial charge in [-0.25, -0.2) is 0 Å². The highest BCUT2D eigenvalue weighted by atomic mass is 28.4. The lowest BCUT2D eigenvalue weighted by Crippen LogP contribution is -2.77. The summed E-state index contributed by atoms with van der Waals surface area (Å²) in [6, 6.07) is 0. The molecule has 0 aliphatic carbocycles. The van der Waals surface area contributed by atoms with E-state index in [0.29, 0.717) is 0 Å². The second kappa shape index (κ2) is 24.6. The fourth-order valence-corrected chi connectivity index (χ4v) is 18.2. The van der Waals surface area contributed by atoms with Gasteiger partial charge in [0.2, 0.25) is 0 Å². The van der Waals surface area contributed by atoms with Crippen LogP contribution < -0.4 is 19.9 Å². The summed E-state index contributed by atoms with van der Waals surface area (Å²) in [5, 5.41) is 0. The molecule has 0 unspecified atom stereocenters. The van der Waals surface area contributed by atoms with Gasteiger partial charge in [0.25, 0.3) is 0 Å². The van der Waals surface area contributed by atoms with Crippen LogP contribution in [0, 0.1) is 5.92 Å². The first-order chi connectivity index (χ1) is 21.2. The van der Waals surface area contributed by atoms with E-state index >= 15 is 0 Å². The number of nitrogens with zero attached hydrogens (tertiary/aromatic N) is 8. The minimum absolute atomic E-state index is 0.236. The van der Waals surface area contributed by atoms with Crippen molar-refractivity contribution in [3.05, 3.63) is 0 Å². The molecule has 0 spiro atoms. The van der Waals surface area contributed by atoms with Gasteiger partial charge in [0.1, 0.15) is 0 Å². The topological polar surface area (TPSA) is 74.0 Å². The van der Waals surface area contributed by atoms with Crippen LogP contribution in [0.4, 0.5) is 0 Å². The summed E-state index contributed by atoms with van der Waals surface area (Å²) in [6.07, 6.45) is 0. The van der Waals surface area contributed by atoms with Crippen LogP contribution in [-0.2, 0) is 0 Å². The monoisotopic (exact) mass is 757 g/mol.